The molecule has 3 aromatic rings. The quantitative estimate of drug-likeness (QED) is 0.723. The third kappa shape index (κ3) is 3.94. The van der Waals surface area contributed by atoms with Crippen molar-refractivity contribution in [2.75, 3.05) is 13.7 Å². The van der Waals surface area contributed by atoms with Crippen molar-refractivity contribution in [3.63, 3.8) is 0 Å². The van der Waals surface area contributed by atoms with Gasteiger partial charge in [0.15, 0.2) is 0 Å². The highest BCUT2D eigenvalue weighted by Crippen LogP contribution is 2.25. The summed E-state index contributed by atoms with van der Waals surface area (Å²) in [5, 5.41) is 9.69. The fraction of sp³-hybridized carbons (Fsp3) is 0.316. The first-order valence-electron chi connectivity index (χ1n) is 8.26. The molecule has 0 unspecified atom stereocenters. The molecule has 1 amide bonds. The SMILES string of the molecule is COc1ccc(C(C)(C)CNC(=O)c2csc(-c3cnn(C)c3)n2)cc1. The molecule has 1 aromatic carbocycles. The lowest BCUT2D eigenvalue weighted by atomic mass is 9.84. The van der Waals surface area contributed by atoms with Crippen LogP contribution >= 0.6 is 11.3 Å². The fourth-order valence-corrected chi connectivity index (χ4v) is 3.35. The topological polar surface area (TPSA) is 69.0 Å². The van der Waals surface area contributed by atoms with E-state index in [1.54, 1.807) is 23.4 Å². The van der Waals surface area contributed by atoms with E-state index >= 15 is 0 Å². The molecule has 0 aliphatic carbocycles. The Bertz CT molecular complexity index is 896. The summed E-state index contributed by atoms with van der Waals surface area (Å²) >= 11 is 1.44. The number of aryl methyl sites for hydroxylation is 1. The van der Waals surface area contributed by atoms with Crippen LogP contribution in [0.3, 0.4) is 0 Å². The summed E-state index contributed by atoms with van der Waals surface area (Å²) in [5.41, 5.74) is 2.27. The smallest absolute Gasteiger partial charge is 0.270 e. The minimum Gasteiger partial charge on any atom is -0.497 e. The van der Waals surface area contributed by atoms with Crippen molar-refractivity contribution in [2.24, 2.45) is 7.05 Å². The van der Waals surface area contributed by atoms with Gasteiger partial charge in [-0.1, -0.05) is 26.0 Å². The molecule has 0 saturated carbocycles. The van der Waals surface area contributed by atoms with Gasteiger partial charge in [0.25, 0.3) is 5.91 Å². The molecule has 0 aliphatic heterocycles. The maximum absolute atomic E-state index is 12.5. The van der Waals surface area contributed by atoms with Crippen LogP contribution in [0.1, 0.15) is 29.9 Å². The normalized spacial score (nSPS) is 11.4. The number of amides is 1. The molecule has 6 nitrogen and oxygen atoms in total. The van der Waals surface area contributed by atoms with Crippen molar-refractivity contribution >= 4 is 17.2 Å². The molecular formula is C19H22N4O2S. The van der Waals surface area contributed by atoms with Gasteiger partial charge in [-0.05, 0) is 17.7 Å². The standard InChI is InChI=1S/C19H22N4O2S/c1-19(2,14-5-7-15(25-4)8-6-14)12-20-17(24)16-11-26-18(22-16)13-9-21-23(3)10-13/h5-11H,12H2,1-4H3,(H,20,24). The van der Waals surface area contributed by atoms with Gasteiger partial charge >= 0.3 is 0 Å². The number of hydrogen-bond acceptors (Lipinski definition) is 5. The van der Waals surface area contributed by atoms with Gasteiger partial charge in [0, 0.05) is 36.1 Å². The summed E-state index contributed by atoms with van der Waals surface area (Å²) in [4.78, 5) is 16.9. The average Bonchev–Trinajstić information content (AvgIpc) is 3.29. The third-order valence-corrected chi connectivity index (χ3v) is 5.14. The summed E-state index contributed by atoms with van der Waals surface area (Å²) in [6.07, 6.45) is 3.63. The summed E-state index contributed by atoms with van der Waals surface area (Å²) in [5.74, 6) is 0.650. The zero-order chi connectivity index (χ0) is 18.7. The number of nitrogens with zero attached hydrogens (tertiary/aromatic N) is 3. The van der Waals surface area contributed by atoms with E-state index in [1.165, 1.54) is 11.3 Å². The molecule has 1 N–H and O–H groups in total. The maximum Gasteiger partial charge on any atom is 0.270 e. The van der Waals surface area contributed by atoms with Crippen LogP contribution in [0, 0.1) is 0 Å². The Morgan fingerprint density at radius 1 is 1.31 bits per heavy atom. The van der Waals surface area contributed by atoms with E-state index in [-0.39, 0.29) is 11.3 Å². The van der Waals surface area contributed by atoms with Crippen LogP contribution in [0.5, 0.6) is 5.75 Å². The molecule has 2 heterocycles. The summed E-state index contributed by atoms with van der Waals surface area (Å²) < 4.78 is 6.91. The van der Waals surface area contributed by atoms with Crippen LogP contribution in [0.15, 0.2) is 42.0 Å². The Morgan fingerprint density at radius 3 is 2.65 bits per heavy atom. The second-order valence-electron chi connectivity index (χ2n) is 6.74. The molecule has 0 saturated heterocycles. The van der Waals surface area contributed by atoms with Crippen LogP contribution in [0.25, 0.3) is 10.6 Å². The second kappa shape index (κ2) is 7.29. The molecule has 3 rings (SSSR count). The number of nitrogens with one attached hydrogen (secondary N) is 1. The van der Waals surface area contributed by atoms with Gasteiger partial charge in [-0.15, -0.1) is 11.3 Å². The van der Waals surface area contributed by atoms with Gasteiger partial charge < -0.3 is 10.1 Å². The number of ether oxygens (including phenoxy) is 1. The summed E-state index contributed by atoms with van der Waals surface area (Å²) in [7, 11) is 3.50. The van der Waals surface area contributed by atoms with Crippen molar-refractivity contribution < 1.29 is 9.53 Å². The number of hydrogen-bond donors (Lipinski definition) is 1. The van der Waals surface area contributed by atoms with E-state index in [0.29, 0.717) is 12.2 Å². The van der Waals surface area contributed by atoms with Crippen LogP contribution in [0.4, 0.5) is 0 Å². The van der Waals surface area contributed by atoms with Crippen molar-refractivity contribution in [1.29, 1.82) is 0 Å². The highest BCUT2D eigenvalue weighted by atomic mass is 32.1. The lowest BCUT2D eigenvalue weighted by molar-refractivity contribution is 0.0941. The fourth-order valence-electron chi connectivity index (χ4n) is 2.58. The van der Waals surface area contributed by atoms with Crippen LogP contribution in [-0.4, -0.2) is 34.3 Å². The van der Waals surface area contributed by atoms with E-state index in [9.17, 15) is 4.79 Å². The number of benzene rings is 1. The molecule has 0 bridgehead atoms. The molecule has 0 fully saturated rings. The molecule has 0 atom stereocenters. The maximum atomic E-state index is 12.5. The number of aromatic nitrogens is 3. The Morgan fingerprint density at radius 2 is 2.04 bits per heavy atom. The van der Waals surface area contributed by atoms with Gasteiger partial charge in [0.05, 0.1) is 13.3 Å². The zero-order valence-electron chi connectivity index (χ0n) is 15.3. The van der Waals surface area contributed by atoms with Crippen molar-refractivity contribution in [3.8, 4) is 16.3 Å². The predicted molar refractivity (Wildman–Crippen MR) is 103 cm³/mol. The molecule has 2 aromatic heterocycles. The lowest BCUT2D eigenvalue weighted by Gasteiger charge is -2.25. The predicted octanol–water partition coefficient (Wildman–Crippen LogP) is 3.26. The minimum atomic E-state index is -0.204. The lowest BCUT2D eigenvalue weighted by Crippen LogP contribution is -2.36. The number of carbonyl (C=O) groups is 1. The molecule has 26 heavy (non-hydrogen) atoms. The molecular weight excluding hydrogens is 348 g/mol. The molecule has 136 valence electrons. The first kappa shape index (κ1) is 18.1. The zero-order valence-corrected chi connectivity index (χ0v) is 16.1. The van der Waals surface area contributed by atoms with Gasteiger partial charge in [-0.25, -0.2) is 4.98 Å². The Hall–Kier alpha value is -2.67. The highest BCUT2D eigenvalue weighted by molar-refractivity contribution is 7.13. The van der Waals surface area contributed by atoms with Gasteiger partial charge in [-0.3, -0.25) is 9.48 Å². The van der Waals surface area contributed by atoms with E-state index in [1.807, 2.05) is 37.5 Å². The number of rotatable bonds is 6. The van der Waals surface area contributed by atoms with Crippen molar-refractivity contribution in [3.05, 3.63) is 53.3 Å². The van der Waals surface area contributed by atoms with Crippen LogP contribution < -0.4 is 10.1 Å². The monoisotopic (exact) mass is 370 g/mol. The largest absolute Gasteiger partial charge is 0.497 e. The van der Waals surface area contributed by atoms with Crippen LogP contribution in [-0.2, 0) is 12.5 Å². The Labute approximate surface area is 156 Å². The highest BCUT2D eigenvalue weighted by Gasteiger charge is 2.22. The molecule has 0 radical (unpaired) electrons. The Kier molecular flexibility index (Phi) is 5.08. The summed E-state index contributed by atoms with van der Waals surface area (Å²) in [6.45, 7) is 4.70. The number of methoxy groups -OCH3 is 1. The van der Waals surface area contributed by atoms with E-state index in [2.05, 4.69) is 29.2 Å². The molecule has 0 spiro atoms. The second-order valence-corrected chi connectivity index (χ2v) is 7.59. The average molecular weight is 370 g/mol. The minimum absolute atomic E-state index is 0.169. The van der Waals surface area contributed by atoms with E-state index < -0.39 is 0 Å². The van der Waals surface area contributed by atoms with Gasteiger partial charge in [-0.2, -0.15) is 5.10 Å². The van der Waals surface area contributed by atoms with E-state index in [0.717, 1.165) is 21.9 Å². The van der Waals surface area contributed by atoms with Crippen molar-refractivity contribution in [1.82, 2.24) is 20.1 Å². The first-order valence-corrected chi connectivity index (χ1v) is 9.14. The molecule has 0 aliphatic rings. The van der Waals surface area contributed by atoms with Gasteiger partial charge in [0.1, 0.15) is 16.5 Å². The third-order valence-electron chi connectivity index (χ3n) is 4.25. The van der Waals surface area contributed by atoms with Crippen molar-refractivity contribution in [2.45, 2.75) is 19.3 Å². The summed E-state index contributed by atoms with van der Waals surface area (Å²) in [6, 6.07) is 7.90. The molecule has 7 heteroatoms. The first-order chi connectivity index (χ1) is 12.4. The van der Waals surface area contributed by atoms with Gasteiger partial charge in [0.2, 0.25) is 0 Å². The van der Waals surface area contributed by atoms with Crippen LogP contribution in [0.2, 0.25) is 0 Å². The Balaban J connectivity index is 1.65. The van der Waals surface area contributed by atoms with E-state index in [4.69, 9.17) is 4.74 Å². The number of thiazole rings is 1. The number of carbonyl (C=O) groups excluding carboxylic acids is 1.